The quantitative estimate of drug-likeness (QED) is 0.610. The van der Waals surface area contributed by atoms with Crippen LogP contribution in [0, 0.1) is 11.3 Å². The smallest absolute Gasteiger partial charge is 0.0523 e. The molecule has 1 heterocycles. The van der Waals surface area contributed by atoms with Crippen molar-refractivity contribution >= 4 is 0 Å². The van der Waals surface area contributed by atoms with E-state index in [1.165, 1.54) is 19.3 Å². The van der Waals surface area contributed by atoms with E-state index >= 15 is 0 Å². The molecule has 1 heteroatoms. The van der Waals surface area contributed by atoms with E-state index in [0.29, 0.717) is 5.41 Å². The van der Waals surface area contributed by atoms with Gasteiger partial charge in [-0.25, -0.2) is 0 Å². The third-order valence-corrected chi connectivity index (χ3v) is 3.16. The first-order valence-electron chi connectivity index (χ1n) is 4.77. The molecule has 1 nitrogen and oxygen atoms in total. The number of rotatable bonds is 3. The molecule has 0 aromatic rings. The van der Waals surface area contributed by atoms with Gasteiger partial charge in [0.15, 0.2) is 0 Å². The molecule has 0 N–H and O–H groups in total. The first-order valence-corrected chi connectivity index (χ1v) is 4.77. The highest BCUT2D eigenvalue weighted by Gasteiger charge is 2.34. The highest BCUT2D eigenvalue weighted by atomic mass is 16.5. The Labute approximate surface area is 70.1 Å². The van der Waals surface area contributed by atoms with Crippen LogP contribution in [0.15, 0.2) is 0 Å². The Bertz CT molecular complexity index is 114. The van der Waals surface area contributed by atoms with Crippen LogP contribution in [0.1, 0.15) is 40.0 Å². The van der Waals surface area contributed by atoms with Gasteiger partial charge in [0.1, 0.15) is 0 Å². The minimum absolute atomic E-state index is 0.482. The van der Waals surface area contributed by atoms with Gasteiger partial charge >= 0.3 is 0 Å². The Hall–Kier alpha value is -0.0400. The van der Waals surface area contributed by atoms with Crippen LogP contribution in [0.25, 0.3) is 0 Å². The molecule has 0 aromatic carbocycles. The molecule has 0 aromatic heterocycles. The third-order valence-electron chi connectivity index (χ3n) is 3.16. The van der Waals surface area contributed by atoms with Crippen molar-refractivity contribution in [3.8, 4) is 0 Å². The van der Waals surface area contributed by atoms with Gasteiger partial charge < -0.3 is 4.74 Å². The average molecular weight is 156 g/mol. The molecule has 0 saturated carbocycles. The normalized spacial score (nSPS) is 34.1. The van der Waals surface area contributed by atoms with E-state index in [1.807, 2.05) is 0 Å². The Morgan fingerprint density at radius 1 is 1.55 bits per heavy atom. The molecule has 1 rings (SSSR count). The SMILES string of the molecule is CCCC(C)C1(C)CCOC1. The Balaban J connectivity index is 2.42. The zero-order valence-corrected chi connectivity index (χ0v) is 8.02. The standard InChI is InChI=1S/C10H20O/c1-4-5-9(2)10(3)6-7-11-8-10/h9H,4-8H2,1-3H3. The molecule has 0 bridgehead atoms. The van der Waals surface area contributed by atoms with Crippen molar-refractivity contribution < 1.29 is 4.74 Å². The van der Waals surface area contributed by atoms with Crippen molar-refractivity contribution in [1.29, 1.82) is 0 Å². The van der Waals surface area contributed by atoms with E-state index in [4.69, 9.17) is 4.74 Å². The Morgan fingerprint density at radius 3 is 2.73 bits per heavy atom. The zero-order valence-electron chi connectivity index (χ0n) is 8.02. The maximum Gasteiger partial charge on any atom is 0.0523 e. The van der Waals surface area contributed by atoms with Crippen LogP contribution in [0.4, 0.5) is 0 Å². The lowest BCUT2D eigenvalue weighted by atomic mass is 9.75. The predicted molar refractivity (Wildman–Crippen MR) is 47.6 cm³/mol. The molecule has 1 aliphatic heterocycles. The lowest BCUT2D eigenvalue weighted by Crippen LogP contribution is -2.25. The molecule has 66 valence electrons. The molecule has 0 aliphatic carbocycles. The third kappa shape index (κ3) is 1.96. The summed E-state index contributed by atoms with van der Waals surface area (Å²) in [6, 6.07) is 0. The van der Waals surface area contributed by atoms with Crippen molar-refractivity contribution in [2.24, 2.45) is 11.3 Å². The molecule has 1 aliphatic rings. The van der Waals surface area contributed by atoms with Gasteiger partial charge in [-0.15, -0.1) is 0 Å². The highest BCUT2D eigenvalue weighted by Crippen LogP contribution is 2.37. The number of ether oxygens (including phenoxy) is 1. The monoisotopic (exact) mass is 156 g/mol. The largest absolute Gasteiger partial charge is 0.381 e. The molecule has 1 saturated heterocycles. The summed E-state index contributed by atoms with van der Waals surface area (Å²) in [5, 5.41) is 0. The van der Waals surface area contributed by atoms with E-state index in [1.54, 1.807) is 0 Å². The van der Waals surface area contributed by atoms with Crippen molar-refractivity contribution in [2.45, 2.75) is 40.0 Å². The summed E-state index contributed by atoms with van der Waals surface area (Å²) in [6.07, 6.45) is 3.91. The molecule has 2 unspecified atom stereocenters. The van der Waals surface area contributed by atoms with Gasteiger partial charge in [-0.1, -0.05) is 33.6 Å². The minimum atomic E-state index is 0.482. The van der Waals surface area contributed by atoms with Crippen LogP contribution < -0.4 is 0 Å². The molecular formula is C10H20O. The highest BCUT2D eigenvalue weighted by molar-refractivity contribution is 4.83. The van der Waals surface area contributed by atoms with E-state index in [-0.39, 0.29) is 0 Å². The molecule has 0 spiro atoms. The summed E-state index contributed by atoms with van der Waals surface area (Å²) in [5.41, 5.74) is 0.482. The van der Waals surface area contributed by atoms with Gasteiger partial charge in [-0.05, 0) is 17.8 Å². The first-order chi connectivity index (χ1) is 5.19. The molecule has 11 heavy (non-hydrogen) atoms. The van der Waals surface area contributed by atoms with Gasteiger partial charge in [0, 0.05) is 6.61 Å². The van der Waals surface area contributed by atoms with Crippen molar-refractivity contribution in [3.63, 3.8) is 0 Å². The average Bonchev–Trinajstić information content (AvgIpc) is 2.38. The Morgan fingerprint density at radius 2 is 2.27 bits per heavy atom. The molecule has 0 amide bonds. The van der Waals surface area contributed by atoms with Crippen molar-refractivity contribution in [2.75, 3.05) is 13.2 Å². The van der Waals surface area contributed by atoms with E-state index in [2.05, 4.69) is 20.8 Å². The number of hydrogen-bond acceptors (Lipinski definition) is 1. The van der Waals surface area contributed by atoms with E-state index < -0.39 is 0 Å². The van der Waals surface area contributed by atoms with E-state index in [9.17, 15) is 0 Å². The van der Waals surface area contributed by atoms with Crippen molar-refractivity contribution in [1.82, 2.24) is 0 Å². The fourth-order valence-corrected chi connectivity index (χ4v) is 1.85. The van der Waals surface area contributed by atoms with Crippen LogP contribution in [0.3, 0.4) is 0 Å². The maximum absolute atomic E-state index is 5.43. The summed E-state index contributed by atoms with van der Waals surface area (Å²) >= 11 is 0. The minimum Gasteiger partial charge on any atom is -0.381 e. The summed E-state index contributed by atoms with van der Waals surface area (Å²) in [5.74, 6) is 0.829. The van der Waals surface area contributed by atoms with E-state index in [0.717, 1.165) is 19.1 Å². The summed E-state index contributed by atoms with van der Waals surface area (Å²) in [6.45, 7) is 8.94. The second kappa shape index (κ2) is 3.57. The fraction of sp³-hybridized carbons (Fsp3) is 1.00. The molecule has 0 radical (unpaired) electrons. The number of hydrogen-bond donors (Lipinski definition) is 0. The molecule has 2 atom stereocenters. The van der Waals surface area contributed by atoms with Gasteiger partial charge in [0.05, 0.1) is 6.61 Å². The summed E-state index contributed by atoms with van der Waals surface area (Å²) < 4.78 is 5.43. The van der Waals surface area contributed by atoms with Crippen molar-refractivity contribution in [3.05, 3.63) is 0 Å². The first kappa shape index (κ1) is 9.05. The van der Waals surface area contributed by atoms with Crippen LogP contribution >= 0.6 is 0 Å². The van der Waals surface area contributed by atoms with Crippen LogP contribution in [-0.2, 0) is 4.74 Å². The topological polar surface area (TPSA) is 9.23 Å². The lowest BCUT2D eigenvalue weighted by Gasteiger charge is -2.29. The molecular weight excluding hydrogens is 136 g/mol. The summed E-state index contributed by atoms with van der Waals surface area (Å²) in [4.78, 5) is 0. The van der Waals surface area contributed by atoms with Gasteiger partial charge in [0.25, 0.3) is 0 Å². The predicted octanol–water partition coefficient (Wildman–Crippen LogP) is 2.85. The van der Waals surface area contributed by atoms with Gasteiger partial charge in [-0.2, -0.15) is 0 Å². The zero-order chi connectivity index (χ0) is 8.32. The van der Waals surface area contributed by atoms with Crippen LogP contribution in [-0.4, -0.2) is 13.2 Å². The molecule has 1 fully saturated rings. The lowest BCUT2D eigenvalue weighted by molar-refractivity contribution is 0.122. The second-order valence-corrected chi connectivity index (χ2v) is 4.15. The van der Waals surface area contributed by atoms with Crippen LogP contribution in [0.2, 0.25) is 0 Å². The van der Waals surface area contributed by atoms with Gasteiger partial charge in [-0.3, -0.25) is 0 Å². The maximum atomic E-state index is 5.43. The fourth-order valence-electron chi connectivity index (χ4n) is 1.85. The van der Waals surface area contributed by atoms with Gasteiger partial charge in [0.2, 0.25) is 0 Å². The summed E-state index contributed by atoms with van der Waals surface area (Å²) in [7, 11) is 0. The Kier molecular flexibility index (Phi) is 2.94. The van der Waals surface area contributed by atoms with Crippen LogP contribution in [0.5, 0.6) is 0 Å². The second-order valence-electron chi connectivity index (χ2n) is 4.15.